The quantitative estimate of drug-likeness (QED) is 0.910. The number of carbonyl (C=O) groups is 1. The number of para-hydroxylation sites is 1. The lowest BCUT2D eigenvalue weighted by atomic mass is 9.82. The normalized spacial score (nSPS) is 26.4. The van der Waals surface area contributed by atoms with Gasteiger partial charge in [0.2, 0.25) is 0 Å². The molecule has 2 fully saturated rings. The van der Waals surface area contributed by atoms with Gasteiger partial charge in [-0.15, -0.1) is 0 Å². The van der Waals surface area contributed by atoms with Crippen LogP contribution in [0.5, 0.6) is 0 Å². The first-order valence-corrected chi connectivity index (χ1v) is 9.29. The molecule has 2 aliphatic heterocycles. The van der Waals surface area contributed by atoms with Crippen molar-refractivity contribution in [2.24, 2.45) is 0 Å². The van der Waals surface area contributed by atoms with Crippen LogP contribution in [0.1, 0.15) is 42.6 Å². The van der Waals surface area contributed by atoms with E-state index in [0.717, 1.165) is 12.8 Å². The molecule has 2 aliphatic rings. The topological polar surface area (TPSA) is 50.2 Å². The van der Waals surface area contributed by atoms with Gasteiger partial charge in [-0.1, -0.05) is 24.6 Å². The second-order valence-electron chi connectivity index (χ2n) is 7.48. The van der Waals surface area contributed by atoms with Crippen LogP contribution < -0.4 is 5.32 Å². The average Bonchev–Trinajstić information content (AvgIpc) is 2.94. The molecule has 0 radical (unpaired) electrons. The molecule has 0 unspecified atom stereocenters. The Hall–Kier alpha value is -2.02. The van der Waals surface area contributed by atoms with Crippen LogP contribution in [-0.2, 0) is 6.54 Å². The summed E-state index contributed by atoms with van der Waals surface area (Å²) in [7, 11) is 2.17. The molecule has 3 atom stereocenters. The fourth-order valence-corrected chi connectivity index (χ4v) is 4.55. The Balaban J connectivity index is 1.55. The second kappa shape index (κ2) is 6.95. The van der Waals surface area contributed by atoms with Gasteiger partial charge in [-0.3, -0.25) is 9.48 Å². The Morgan fingerprint density at radius 2 is 1.96 bits per heavy atom. The summed E-state index contributed by atoms with van der Waals surface area (Å²) in [6.07, 6.45) is 2.96. The van der Waals surface area contributed by atoms with E-state index >= 15 is 0 Å². The van der Waals surface area contributed by atoms with Crippen LogP contribution in [0, 0.1) is 0 Å². The molecule has 2 bridgehead atoms. The Labute approximate surface area is 151 Å². The highest BCUT2D eigenvalue weighted by Crippen LogP contribution is 2.32. The van der Waals surface area contributed by atoms with Gasteiger partial charge < -0.3 is 10.2 Å². The molecule has 2 aromatic rings. The molecule has 5 nitrogen and oxygen atoms in total. The van der Waals surface area contributed by atoms with Crippen molar-refractivity contribution < 1.29 is 13.6 Å². The van der Waals surface area contributed by atoms with Crippen LogP contribution in [0.15, 0.2) is 24.3 Å². The lowest BCUT2D eigenvalue weighted by molar-refractivity contribution is 0.0461. The third-order valence-electron chi connectivity index (χ3n) is 5.86. The van der Waals surface area contributed by atoms with E-state index in [2.05, 4.69) is 22.4 Å². The standard InChI is InChI=1S/C19H24F2N4O/c1-24-13-5-4-6-14(24)10-12(9-13)22-19(26)18-15-7-2-3-8-16(15)25(23-18)11-17(20)21/h2-3,7-8,12-14,17H,4-6,9-11H2,1H3,(H,22,26)/t12-,13-,14+. The minimum absolute atomic E-state index is 0.119. The van der Waals surface area contributed by atoms with Crippen LogP contribution in [-0.4, -0.2) is 52.2 Å². The second-order valence-corrected chi connectivity index (χ2v) is 7.48. The maximum absolute atomic E-state index is 12.8. The van der Waals surface area contributed by atoms with Gasteiger partial charge in [-0.2, -0.15) is 5.10 Å². The number of amides is 1. The Bertz CT molecular complexity index is 792. The molecule has 1 aromatic carbocycles. The molecule has 0 spiro atoms. The van der Waals surface area contributed by atoms with Gasteiger partial charge in [0.25, 0.3) is 12.3 Å². The van der Waals surface area contributed by atoms with Gasteiger partial charge in [0, 0.05) is 23.5 Å². The smallest absolute Gasteiger partial charge is 0.272 e. The molecular weight excluding hydrogens is 338 g/mol. The third-order valence-corrected chi connectivity index (χ3v) is 5.86. The molecular formula is C19H24F2N4O. The van der Waals surface area contributed by atoms with Gasteiger partial charge in [-0.05, 0) is 38.8 Å². The molecule has 2 saturated heterocycles. The van der Waals surface area contributed by atoms with Crippen LogP contribution in [0.3, 0.4) is 0 Å². The molecule has 1 amide bonds. The van der Waals surface area contributed by atoms with E-state index in [4.69, 9.17) is 0 Å². The number of nitrogens with zero attached hydrogens (tertiary/aromatic N) is 3. The molecule has 140 valence electrons. The number of rotatable bonds is 4. The number of piperidine rings is 2. The number of nitrogens with one attached hydrogen (secondary N) is 1. The highest BCUT2D eigenvalue weighted by Gasteiger charge is 2.36. The van der Waals surface area contributed by atoms with Crippen molar-refractivity contribution in [3.63, 3.8) is 0 Å². The molecule has 26 heavy (non-hydrogen) atoms. The zero-order valence-corrected chi connectivity index (χ0v) is 14.9. The number of benzene rings is 1. The Morgan fingerprint density at radius 1 is 1.27 bits per heavy atom. The van der Waals surface area contributed by atoms with E-state index in [1.807, 2.05) is 0 Å². The summed E-state index contributed by atoms with van der Waals surface area (Å²) >= 11 is 0. The van der Waals surface area contributed by atoms with Crippen LogP contribution >= 0.6 is 0 Å². The molecule has 0 saturated carbocycles. The molecule has 1 aromatic heterocycles. The van der Waals surface area contributed by atoms with Crippen molar-refractivity contribution >= 4 is 16.8 Å². The van der Waals surface area contributed by atoms with Crippen molar-refractivity contribution in [2.75, 3.05) is 7.05 Å². The van der Waals surface area contributed by atoms with Crippen LogP contribution in [0.2, 0.25) is 0 Å². The number of fused-ring (bicyclic) bond motifs is 3. The summed E-state index contributed by atoms with van der Waals surface area (Å²) in [4.78, 5) is 15.3. The van der Waals surface area contributed by atoms with Crippen molar-refractivity contribution in [1.82, 2.24) is 20.0 Å². The van der Waals surface area contributed by atoms with Crippen molar-refractivity contribution in [2.45, 2.75) is 63.2 Å². The number of hydrogen-bond donors (Lipinski definition) is 1. The summed E-state index contributed by atoms with van der Waals surface area (Å²) in [6.45, 7) is -0.508. The Kier molecular flexibility index (Phi) is 4.65. The third kappa shape index (κ3) is 3.20. The molecule has 7 heteroatoms. The first-order chi connectivity index (χ1) is 12.5. The maximum atomic E-state index is 12.8. The van der Waals surface area contributed by atoms with E-state index in [-0.39, 0.29) is 17.6 Å². The lowest BCUT2D eigenvalue weighted by Gasteiger charge is -2.47. The highest BCUT2D eigenvalue weighted by atomic mass is 19.3. The molecule has 4 rings (SSSR count). The van der Waals surface area contributed by atoms with Gasteiger partial charge in [0.05, 0.1) is 5.52 Å². The largest absolute Gasteiger partial charge is 0.348 e. The van der Waals surface area contributed by atoms with E-state index in [1.165, 1.54) is 23.9 Å². The van der Waals surface area contributed by atoms with Crippen molar-refractivity contribution in [3.05, 3.63) is 30.0 Å². The van der Waals surface area contributed by atoms with E-state index in [1.54, 1.807) is 24.3 Å². The molecule has 3 heterocycles. The van der Waals surface area contributed by atoms with Gasteiger partial charge in [0.15, 0.2) is 5.69 Å². The summed E-state index contributed by atoms with van der Waals surface area (Å²) in [5.41, 5.74) is 0.809. The zero-order valence-electron chi connectivity index (χ0n) is 14.9. The first kappa shape index (κ1) is 17.4. The lowest BCUT2D eigenvalue weighted by Crippen LogP contribution is -2.55. The Morgan fingerprint density at radius 3 is 2.65 bits per heavy atom. The minimum Gasteiger partial charge on any atom is -0.348 e. The van der Waals surface area contributed by atoms with Crippen molar-refractivity contribution in [1.29, 1.82) is 0 Å². The average molecular weight is 362 g/mol. The van der Waals surface area contributed by atoms with Crippen LogP contribution in [0.4, 0.5) is 8.78 Å². The molecule has 1 N–H and O–H groups in total. The summed E-state index contributed by atoms with van der Waals surface area (Å²) < 4.78 is 26.9. The number of halogens is 2. The number of aromatic nitrogens is 2. The maximum Gasteiger partial charge on any atom is 0.272 e. The monoisotopic (exact) mass is 362 g/mol. The van der Waals surface area contributed by atoms with Gasteiger partial charge in [-0.25, -0.2) is 8.78 Å². The summed E-state index contributed by atoms with van der Waals surface area (Å²) in [5, 5.41) is 7.93. The fraction of sp³-hybridized carbons (Fsp3) is 0.579. The van der Waals surface area contributed by atoms with E-state index in [0.29, 0.717) is 23.0 Å². The zero-order chi connectivity index (χ0) is 18.3. The van der Waals surface area contributed by atoms with Crippen LogP contribution in [0.25, 0.3) is 10.9 Å². The van der Waals surface area contributed by atoms with Crippen molar-refractivity contribution in [3.8, 4) is 0 Å². The number of alkyl halides is 2. The van der Waals surface area contributed by atoms with E-state index < -0.39 is 13.0 Å². The predicted octanol–water partition coefficient (Wildman–Crippen LogP) is 3.05. The SMILES string of the molecule is CN1[C@@H]2CCC[C@H]1C[C@H](NC(=O)c1nn(CC(F)F)c3ccccc13)C2. The highest BCUT2D eigenvalue weighted by molar-refractivity contribution is 6.05. The van der Waals surface area contributed by atoms with Gasteiger partial charge in [0.1, 0.15) is 6.54 Å². The minimum atomic E-state index is -2.51. The summed E-state index contributed by atoms with van der Waals surface area (Å²) in [5.74, 6) is -0.262. The summed E-state index contributed by atoms with van der Waals surface area (Å²) in [6, 6.07) is 8.21. The fourth-order valence-electron chi connectivity index (χ4n) is 4.55. The van der Waals surface area contributed by atoms with Gasteiger partial charge >= 0.3 is 0 Å². The van der Waals surface area contributed by atoms with E-state index in [9.17, 15) is 13.6 Å². The molecule has 0 aliphatic carbocycles. The predicted molar refractivity (Wildman–Crippen MR) is 95.4 cm³/mol. The number of hydrogen-bond acceptors (Lipinski definition) is 3. The first-order valence-electron chi connectivity index (χ1n) is 9.29. The number of carbonyl (C=O) groups excluding carboxylic acids is 1.